The quantitative estimate of drug-likeness (QED) is 0.599. The molecule has 0 spiro atoms. The summed E-state index contributed by atoms with van der Waals surface area (Å²) in [5, 5.41) is 2.54. The van der Waals surface area contributed by atoms with E-state index in [1.807, 2.05) is 0 Å². The van der Waals surface area contributed by atoms with Crippen LogP contribution in [-0.4, -0.2) is 41.1 Å². The van der Waals surface area contributed by atoms with Crippen LogP contribution in [0.15, 0.2) is 53.4 Å². The maximum absolute atomic E-state index is 13.0. The maximum atomic E-state index is 13.0. The third-order valence-electron chi connectivity index (χ3n) is 4.03. The van der Waals surface area contributed by atoms with E-state index in [0.29, 0.717) is 0 Å². The van der Waals surface area contributed by atoms with Gasteiger partial charge in [0.05, 0.1) is 17.1 Å². The predicted octanol–water partition coefficient (Wildman–Crippen LogP) is 2.60. The van der Waals surface area contributed by atoms with Crippen molar-refractivity contribution in [2.24, 2.45) is 0 Å². The van der Waals surface area contributed by atoms with Crippen LogP contribution in [0.4, 0.5) is 13.2 Å². The second kappa shape index (κ2) is 9.86. The van der Waals surface area contributed by atoms with Crippen LogP contribution >= 0.6 is 0 Å². The number of hydrogen-bond donors (Lipinski definition) is 2. The first-order valence-corrected chi connectivity index (χ1v) is 10.2. The third kappa shape index (κ3) is 6.55. The highest BCUT2D eigenvalue weighted by molar-refractivity contribution is 7.89. The fraction of sp³-hybridized carbons (Fsp3) is 0.316. The van der Waals surface area contributed by atoms with Crippen molar-refractivity contribution in [3.05, 3.63) is 65.2 Å². The maximum Gasteiger partial charge on any atom is 0.416 e. The fourth-order valence-electron chi connectivity index (χ4n) is 2.57. The lowest BCUT2D eigenvalue weighted by Crippen LogP contribution is -2.28. The molecule has 0 saturated carbocycles. The van der Waals surface area contributed by atoms with Gasteiger partial charge in [-0.15, -0.1) is 0 Å². The van der Waals surface area contributed by atoms with Crippen LogP contribution in [0.1, 0.15) is 21.5 Å². The average Bonchev–Trinajstić information content (AvgIpc) is 2.68. The van der Waals surface area contributed by atoms with Crippen molar-refractivity contribution in [2.45, 2.75) is 17.5 Å². The van der Waals surface area contributed by atoms with Gasteiger partial charge in [-0.1, -0.05) is 18.2 Å². The third-order valence-corrected chi connectivity index (χ3v) is 5.50. The molecule has 0 aliphatic carbocycles. The Balaban J connectivity index is 1.96. The van der Waals surface area contributed by atoms with Gasteiger partial charge in [0.25, 0.3) is 5.91 Å². The number of nitrogens with one attached hydrogen (secondary N) is 2. The van der Waals surface area contributed by atoms with Gasteiger partial charge in [-0.05, 0) is 42.3 Å². The van der Waals surface area contributed by atoms with Crippen molar-refractivity contribution < 1.29 is 31.1 Å². The van der Waals surface area contributed by atoms with Gasteiger partial charge < -0.3 is 10.1 Å². The van der Waals surface area contributed by atoms with Gasteiger partial charge in [-0.2, -0.15) is 13.2 Å². The monoisotopic (exact) mass is 430 g/mol. The smallest absolute Gasteiger partial charge is 0.383 e. The number of sulfonamides is 1. The molecule has 1 amide bonds. The van der Waals surface area contributed by atoms with E-state index >= 15 is 0 Å². The standard InChI is InChI=1S/C19H21F3N2O4S/c1-28-13-12-24-29(26,27)16-8-6-15(7-9-16)18(25)23-11-10-14-4-2-3-5-17(14)19(20,21)22/h2-9,24H,10-13H2,1H3,(H,23,25). The van der Waals surface area contributed by atoms with E-state index in [9.17, 15) is 26.4 Å². The molecular weight excluding hydrogens is 409 g/mol. The number of hydrogen-bond acceptors (Lipinski definition) is 4. The summed E-state index contributed by atoms with van der Waals surface area (Å²) in [7, 11) is -2.27. The molecule has 6 nitrogen and oxygen atoms in total. The summed E-state index contributed by atoms with van der Waals surface area (Å²) in [6.07, 6.45) is -4.45. The second-order valence-corrected chi connectivity index (χ2v) is 7.84. The molecule has 0 heterocycles. The first-order chi connectivity index (χ1) is 13.6. The number of halogens is 3. The molecule has 0 fully saturated rings. The Morgan fingerprint density at radius 1 is 1.03 bits per heavy atom. The Hall–Kier alpha value is -2.43. The molecule has 29 heavy (non-hydrogen) atoms. The molecule has 2 rings (SSSR count). The number of carbonyl (C=O) groups excluding carboxylic acids is 1. The first kappa shape index (κ1) is 22.9. The zero-order valence-electron chi connectivity index (χ0n) is 15.6. The number of benzene rings is 2. The van der Waals surface area contributed by atoms with E-state index in [-0.39, 0.29) is 42.1 Å². The van der Waals surface area contributed by atoms with Crippen molar-refractivity contribution in [3.63, 3.8) is 0 Å². The van der Waals surface area contributed by atoms with E-state index in [2.05, 4.69) is 10.0 Å². The lowest BCUT2D eigenvalue weighted by atomic mass is 10.0. The van der Waals surface area contributed by atoms with Crippen LogP contribution in [0.2, 0.25) is 0 Å². The van der Waals surface area contributed by atoms with Crippen LogP contribution in [0, 0.1) is 0 Å². The Labute approximate surface area is 167 Å². The van der Waals surface area contributed by atoms with Crippen molar-refractivity contribution in [1.82, 2.24) is 10.0 Å². The zero-order chi connectivity index (χ0) is 21.5. The number of amides is 1. The van der Waals surface area contributed by atoms with Gasteiger partial charge in [0.15, 0.2) is 0 Å². The van der Waals surface area contributed by atoms with Gasteiger partial charge in [0.1, 0.15) is 0 Å². The molecule has 0 atom stereocenters. The van der Waals surface area contributed by atoms with Crippen molar-refractivity contribution in [2.75, 3.05) is 26.8 Å². The normalized spacial score (nSPS) is 12.0. The molecule has 0 radical (unpaired) electrons. The summed E-state index contributed by atoms with van der Waals surface area (Å²) < 4.78 is 70.2. The second-order valence-electron chi connectivity index (χ2n) is 6.08. The first-order valence-electron chi connectivity index (χ1n) is 8.67. The van der Waals surface area contributed by atoms with Crippen molar-refractivity contribution in [3.8, 4) is 0 Å². The number of alkyl halides is 3. The van der Waals surface area contributed by atoms with Gasteiger partial charge in [-0.3, -0.25) is 4.79 Å². The van der Waals surface area contributed by atoms with Gasteiger partial charge in [-0.25, -0.2) is 13.1 Å². The summed E-state index contributed by atoms with van der Waals surface area (Å²) >= 11 is 0. The summed E-state index contributed by atoms with van der Waals surface area (Å²) in [6, 6.07) is 10.4. The SMILES string of the molecule is COCCNS(=O)(=O)c1ccc(C(=O)NCCc2ccccc2C(F)(F)F)cc1. The van der Waals surface area contributed by atoms with Crippen LogP contribution in [-0.2, 0) is 27.4 Å². The summed E-state index contributed by atoms with van der Waals surface area (Å²) in [4.78, 5) is 12.2. The van der Waals surface area contributed by atoms with Crippen LogP contribution in [0.3, 0.4) is 0 Å². The molecule has 0 aliphatic rings. The van der Waals surface area contributed by atoms with E-state index in [1.54, 1.807) is 0 Å². The minimum Gasteiger partial charge on any atom is -0.383 e. The Morgan fingerprint density at radius 3 is 2.31 bits per heavy atom. The summed E-state index contributed by atoms with van der Waals surface area (Å²) in [5.74, 6) is -0.509. The molecule has 158 valence electrons. The van der Waals surface area contributed by atoms with Crippen molar-refractivity contribution >= 4 is 15.9 Å². The molecule has 2 aromatic carbocycles. The van der Waals surface area contributed by atoms with E-state index < -0.39 is 27.7 Å². The lowest BCUT2D eigenvalue weighted by molar-refractivity contribution is -0.138. The number of carbonyl (C=O) groups is 1. The molecule has 0 aromatic heterocycles. The minimum atomic E-state index is -4.46. The van der Waals surface area contributed by atoms with Crippen LogP contribution in [0.5, 0.6) is 0 Å². The zero-order valence-corrected chi connectivity index (χ0v) is 16.4. The minimum absolute atomic E-state index is 0.00451. The predicted molar refractivity (Wildman–Crippen MR) is 101 cm³/mol. The molecular formula is C19H21F3N2O4S. The number of methoxy groups -OCH3 is 1. The van der Waals surface area contributed by atoms with Gasteiger partial charge >= 0.3 is 6.18 Å². The van der Waals surface area contributed by atoms with Crippen LogP contribution < -0.4 is 10.0 Å². The Kier molecular flexibility index (Phi) is 7.77. The number of rotatable bonds is 9. The number of ether oxygens (including phenoxy) is 1. The van der Waals surface area contributed by atoms with E-state index in [1.165, 1.54) is 49.6 Å². The fourth-order valence-corrected chi connectivity index (χ4v) is 3.59. The van der Waals surface area contributed by atoms with Crippen molar-refractivity contribution in [1.29, 1.82) is 0 Å². The topological polar surface area (TPSA) is 84.5 Å². The average molecular weight is 430 g/mol. The van der Waals surface area contributed by atoms with Crippen LogP contribution in [0.25, 0.3) is 0 Å². The van der Waals surface area contributed by atoms with Gasteiger partial charge in [0.2, 0.25) is 10.0 Å². The highest BCUT2D eigenvalue weighted by Crippen LogP contribution is 2.31. The molecule has 0 saturated heterocycles. The largest absolute Gasteiger partial charge is 0.416 e. The Morgan fingerprint density at radius 2 is 1.69 bits per heavy atom. The highest BCUT2D eigenvalue weighted by atomic mass is 32.2. The van der Waals surface area contributed by atoms with E-state index in [4.69, 9.17) is 4.74 Å². The molecule has 2 N–H and O–H groups in total. The molecule has 2 aromatic rings. The lowest BCUT2D eigenvalue weighted by Gasteiger charge is -2.13. The molecule has 10 heteroatoms. The summed E-state index contributed by atoms with van der Waals surface area (Å²) in [6.45, 7) is 0.336. The van der Waals surface area contributed by atoms with Gasteiger partial charge in [0, 0.05) is 25.8 Å². The molecule has 0 unspecified atom stereocenters. The van der Waals surface area contributed by atoms with E-state index in [0.717, 1.165) is 6.07 Å². The molecule has 0 aliphatic heterocycles. The highest BCUT2D eigenvalue weighted by Gasteiger charge is 2.32. The summed E-state index contributed by atoms with van der Waals surface area (Å²) in [5.41, 5.74) is -0.446. The molecule has 0 bridgehead atoms. The Bertz CT molecular complexity index is 929.